The Morgan fingerprint density at radius 1 is 1.22 bits per heavy atom. The maximum atomic E-state index is 12.0. The fraction of sp³-hybridized carbons (Fsp3) is 0.429. The van der Waals surface area contributed by atoms with E-state index in [-0.39, 0.29) is 11.7 Å². The molecule has 4 heteroatoms. The Hall–Kier alpha value is -1.35. The Balaban J connectivity index is 1.78. The van der Waals surface area contributed by atoms with Crippen LogP contribution in [0.25, 0.3) is 0 Å². The first-order chi connectivity index (χ1) is 8.58. The van der Waals surface area contributed by atoms with Crippen molar-refractivity contribution < 1.29 is 14.7 Å². The topological polar surface area (TPSA) is 54.4 Å². The number of Topliss-reactive ketones (excluding diaryl/α,β-unsaturated/α-hetero) is 1. The van der Waals surface area contributed by atoms with Crippen molar-refractivity contribution >= 4 is 23.4 Å². The van der Waals surface area contributed by atoms with Crippen LogP contribution in [0.1, 0.15) is 41.1 Å². The van der Waals surface area contributed by atoms with Crippen molar-refractivity contribution in [3.05, 3.63) is 34.3 Å². The fourth-order valence-electron chi connectivity index (χ4n) is 2.38. The zero-order valence-corrected chi connectivity index (χ0v) is 10.5. The number of carbonyl (C=O) groups is 2. The standard InChI is InChI=1S/C14H13ClO3/c15-12-5-8(3-4-9(12)7-1-2-7)13(16)10-6-11(10)14(17)18/h3-5,7,10-11H,1-2,6H2,(H,17,18)/t10?,11-/m0/s1. The van der Waals surface area contributed by atoms with Gasteiger partial charge in [-0.3, -0.25) is 9.59 Å². The molecule has 0 bridgehead atoms. The fourth-order valence-corrected chi connectivity index (χ4v) is 2.71. The van der Waals surface area contributed by atoms with Crippen molar-refractivity contribution in [1.29, 1.82) is 0 Å². The lowest BCUT2D eigenvalue weighted by Gasteiger charge is -2.05. The number of aliphatic carboxylic acids is 1. The Kier molecular flexibility index (Phi) is 2.67. The third-order valence-electron chi connectivity index (χ3n) is 3.75. The number of carboxylic acids is 1. The van der Waals surface area contributed by atoms with Crippen LogP contribution in [0.4, 0.5) is 0 Å². The summed E-state index contributed by atoms with van der Waals surface area (Å²) in [5, 5.41) is 9.46. The third-order valence-corrected chi connectivity index (χ3v) is 4.07. The predicted molar refractivity (Wildman–Crippen MR) is 67.0 cm³/mol. The van der Waals surface area contributed by atoms with Crippen molar-refractivity contribution in [3.8, 4) is 0 Å². The molecule has 3 rings (SSSR count). The van der Waals surface area contributed by atoms with E-state index in [0.29, 0.717) is 22.9 Å². The van der Waals surface area contributed by atoms with E-state index >= 15 is 0 Å². The van der Waals surface area contributed by atoms with Gasteiger partial charge in [-0.2, -0.15) is 0 Å². The van der Waals surface area contributed by atoms with Gasteiger partial charge in [-0.25, -0.2) is 0 Å². The van der Waals surface area contributed by atoms with Crippen LogP contribution in [0.2, 0.25) is 5.02 Å². The molecule has 2 saturated carbocycles. The quantitative estimate of drug-likeness (QED) is 0.850. The highest BCUT2D eigenvalue weighted by molar-refractivity contribution is 6.32. The van der Waals surface area contributed by atoms with Gasteiger partial charge in [-0.1, -0.05) is 23.7 Å². The minimum absolute atomic E-state index is 0.0911. The smallest absolute Gasteiger partial charge is 0.307 e. The van der Waals surface area contributed by atoms with Crippen molar-refractivity contribution in [1.82, 2.24) is 0 Å². The van der Waals surface area contributed by atoms with Crippen LogP contribution in [-0.4, -0.2) is 16.9 Å². The van der Waals surface area contributed by atoms with Gasteiger partial charge < -0.3 is 5.11 Å². The summed E-state index contributed by atoms with van der Waals surface area (Å²) in [6.45, 7) is 0. The number of carbonyl (C=O) groups excluding carboxylic acids is 1. The highest BCUT2D eigenvalue weighted by Crippen LogP contribution is 2.45. The van der Waals surface area contributed by atoms with Gasteiger partial charge in [0.25, 0.3) is 0 Å². The average Bonchev–Trinajstić information content (AvgIpc) is 3.19. The van der Waals surface area contributed by atoms with Gasteiger partial charge >= 0.3 is 5.97 Å². The van der Waals surface area contributed by atoms with Gasteiger partial charge in [0.2, 0.25) is 0 Å². The number of ketones is 1. The first-order valence-electron chi connectivity index (χ1n) is 6.14. The molecule has 2 aliphatic carbocycles. The van der Waals surface area contributed by atoms with Crippen LogP contribution in [0, 0.1) is 11.8 Å². The number of carboxylic acid groups (broad SMARTS) is 1. The predicted octanol–water partition coefficient (Wildman–Crippen LogP) is 3.12. The van der Waals surface area contributed by atoms with E-state index in [0.717, 1.165) is 18.4 Å². The summed E-state index contributed by atoms with van der Waals surface area (Å²) in [6.07, 6.45) is 2.78. The summed E-state index contributed by atoms with van der Waals surface area (Å²) in [4.78, 5) is 22.8. The van der Waals surface area contributed by atoms with Crippen molar-refractivity contribution in [2.24, 2.45) is 11.8 Å². The molecular weight excluding hydrogens is 252 g/mol. The molecule has 0 radical (unpaired) electrons. The average molecular weight is 265 g/mol. The molecule has 2 atom stereocenters. The van der Waals surface area contributed by atoms with E-state index < -0.39 is 11.9 Å². The van der Waals surface area contributed by atoms with Crippen LogP contribution in [0.5, 0.6) is 0 Å². The minimum atomic E-state index is -0.881. The number of hydrogen-bond acceptors (Lipinski definition) is 2. The summed E-state index contributed by atoms with van der Waals surface area (Å²) < 4.78 is 0. The molecule has 1 unspecified atom stereocenters. The number of benzene rings is 1. The molecule has 2 fully saturated rings. The van der Waals surface area contributed by atoms with Gasteiger partial charge in [0.05, 0.1) is 5.92 Å². The van der Waals surface area contributed by atoms with Crippen molar-refractivity contribution in [2.45, 2.75) is 25.2 Å². The molecule has 0 spiro atoms. The van der Waals surface area contributed by atoms with Crippen LogP contribution in [-0.2, 0) is 4.79 Å². The second-order valence-electron chi connectivity index (χ2n) is 5.16. The molecule has 0 saturated heterocycles. The van der Waals surface area contributed by atoms with Gasteiger partial charge in [-0.15, -0.1) is 0 Å². The van der Waals surface area contributed by atoms with E-state index in [1.54, 1.807) is 12.1 Å². The zero-order chi connectivity index (χ0) is 12.9. The normalized spacial score (nSPS) is 25.8. The molecule has 1 N–H and O–H groups in total. The Morgan fingerprint density at radius 2 is 1.94 bits per heavy atom. The molecule has 0 aromatic heterocycles. The molecule has 2 aliphatic rings. The number of rotatable bonds is 4. The summed E-state index contributed by atoms with van der Waals surface area (Å²) in [7, 11) is 0. The number of halogens is 1. The molecule has 18 heavy (non-hydrogen) atoms. The molecule has 94 valence electrons. The number of hydrogen-bond donors (Lipinski definition) is 1. The molecule has 1 aromatic rings. The Bertz CT molecular complexity index is 534. The minimum Gasteiger partial charge on any atom is -0.481 e. The van der Waals surface area contributed by atoms with Crippen LogP contribution < -0.4 is 0 Å². The lowest BCUT2D eigenvalue weighted by Crippen LogP contribution is -2.08. The maximum Gasteiger partial charge on any atom is 0.307 e. The first-order valence-corrected chi connectivity index (χ1v) is 6.52. The zero-order valence-electron chi connectivity index (χ0n) is 9.73. The summed E-state index contributed by atoms with van der Waals surface area (Å²) in [5.41, 5.74) is 1.65. The largest absolute Gasteiger partial charge is 0.481 e. The Morgan fingerprint density at radius 3 is 2.44 bits per heavy atom. The second kappa shape index (κ2) is 4.09. The Labute approximate surface area is 110 Å². The molecular formula is C14H13ClO3. The first kappa shape index (κ1) is 11.7. The van der Waals surface area contributed by atoms with Crippen LogP contribution >= 0.6 is 11.6 Å². The van der Waals surface area contributed by atoms with E-state index in [1.807, 2.05) is 6.07 Å². The summed E-state index contributed by atoms with van der Waals surface area (Å²) in [6, 6.07) is 5.37. The SMILES string of the molecule is O=C(c1ccc(C2CC2)c(Cl)c1)C1C[C@@H]1C(=O)O. The summed E-state index contributed by atoms with van der Waals surface area (Å²) >= 11 is 6.16. The highest BCUT2D eigenvalue weighted by Gasteiger charge is 2.48. The van der Waals surface area contributed by atoms with Gasteiger partial charge in [0.15, 0.2) is 5.78 Å². The van der Waals surface area contributed by atoms with E-state index in [4.69, 9.17) is 16.7 Å². The van der Waals surface area contributed by atoms with E-state index in [9.17, 15) is 9.59 Å². The maximum absolute atomic E-state index is 12.0. The molecule has 0 heterocycles. The summed E-state index contributed by atoms with van der Waals surface area (Å²) in [5.74, 6) is -1.28. The van der Waals surface area contributed by atoms with Crippen LogP contribution in [0.15, 0.2) is 18.2 Å². The monoisotopic (exact) mass is 264 g/mol. The van der Waals surface area contributed by atoms with Crippen molar-refractivity contribution in [3.63, 3.8) is 0 Å². The highest BCUT2D eigenvalue weighted by atomic mass is 35.5. The third kappa shape index (κ3) is 2.03. The van der Waals surface area contributed by atoms with E-state index in [2.05, 4.69) is 0 Å². The van der Waals surface area contributed by atoms with Gasteiger partial charge in [-0.05, 0) is 36.8 Å². The second-order valence-corrected chi connectivity index (χ2v) is 5.57. The molecule has 0 aliphatic heterocycles. The molecule has 3 nitrogen and oxygen atoms in total. The van der Waals surface area contributed by atoms with Crippen molar-refractivity contribution in [2.75, 3.05) is 0 Å². The lowest BCUT2D eigenvalue weighted by atomic mass is 10.0. The molecule has 0 amide bonds. The lowest BCUT2D eigenvalue weighted by molar-refractivity contribution is -0.138. The van der Waals surface area contributed by atoms with Gasteiger partial charge in [0, 0.05) is 16.5 Å². The van der Waals surface area contributed by atoms with E-state index in [1.165, 1.54) is 0 Å². The molecule has 1 aromatic carbocycles. The van der Waals surface area contributed by atoms with Crippen LogP contribution in [0.3, 0.4) is 0 Å². The van der Waals surface area contributed by atoms with Gasteiger partial charge in [0.1, 0.15) is 0 Å².